The second-order valence-corrected chi connectivity index (χ2v) is 4.99. The summed E-state index contributed by atoms with van der Waals surface area (Å²) in [5.74, 6) is 0.237. The number of Topliss-reactive ketones (excluding diaryl/α,β-unsaturated/α-hetero) is 2. The zero-order chi connectivity index (χ0) is 12.8. The number of hydrogen-bond donors (Lipinski definition) is 0. The zero-order valence-corrected chi connectivity index (χ0v) is 10.8. The van der Waals surface area contributed by atoms with Crippen LogP contribution in [-0.4, -0.2) is 11.6 Å². The Morgan fingerprint density at radius 2 is 1.61 bits per heavy atom. The number of thiophene rings is 1. The topological polar surface area (TPSA) is 34.1 Å². The van der Waals surface area contributed by atoms with Gasteiger partial charge in [0.1, 0.15) is 0 Å². The van der Waals surface area contributed by atoms with Crippen molar-refractivity contribution >= 4 is 22.9 Å². The molecule has 18 heavy (non-hydrogen) atoms. The largest absolute Gasteiger partial charge is 0.294 e. The van der Waals surface area contributed by atoms with Crippen LogP contribution in [0.3, 0.4) is 0 Å². The van der Waals surface area contributed by atoms with Gasteiger partial charge >= 0.3 is 0 Å². The minimum atomic E-state index is 0.106. The first-order valence-corrected chi connectivity index (χ1v) is 6.80. The third-order valence-electron chi connectivity index (χ3n) is 2.70. The van der Waals surface area contributed by atoms with Gasteiger partial charge in [-0.25, -0.2) is 0 Å². The van der Waals surface area contributed by atoms with Gasteiger partial charge in [-0.2, -0.15) is 0 Å². The maximum absolute atomic E-state index is 11.8. The van der Waals surface area contributed by atoms with Gasteiger partial charge in [0.15, 0.2) is 11.6 Å². The molecule has 2 rings (SSSR count). The fourth-order valence-corrected chi connectivity index (χ4v) is 2.43. The van der Waals surface area contributed by atoms with E-state index in [2.05, 4.69) is 0 Å². The van der Waals surface area contributed by atoms with Crippen molar-refractivity contribution in [1.82, 2.24) is 0 Å². The van der Waals surface area contributed by atoms with Gasteiger partial charge in [-0.05, 0) is 17.9 Å². The van der Waals surface area contributed by atoms with E-state index >= 15 is 0 Å². The second-order valence-electron chi connectivity index (χ2n) is 4.04. The first-order chi connectivity index (χ1) is 8.77. The van der Waals surface area contributed by atoms with E-state index in [0.29, 0.717) is 19.3 Å². The minimum absolute atomic E-state index is 0.106. The third kappa shape index (κ3) is 3.37. The molecule has 92 valence electrons. The third-order valence-corrected chi connectivity index (χ3v) is 3.61. The molecule has 0 unspecified atom stereocenters. The number of hydrogen-bond acceptors (Lipinski definition) is 3. The van der Waals surface area contributed by atoms with Crippen molar-refractivity contribution in [2.45, 2.75) is 19.3 Å². The molecule has 0 spiro atoms. The van der Waals surface area contributed by atoms with E-state index in [9.17, 15) is 9.59 Å². The van der Waals surface area contributed by atoms with Gasteiger partial charge < -0.3 is 0 Å². The minimum Gasteiger partial charge on any atom is -0.294 e. The van der Waals surface area contributed by atoms with Crippen molar-refractivity contribution in [2.75, 3.05) is 0 Å². The molecule has 0 N–H and O–H groups in total. The summed E-state index contributed by atoms with van der Waals surface area (Å²) in [7, 11) is 0. The van der Waals surface area contributed by atoms with Crippen LogP contribution in [0.25, 0.3) is 0 Å². The van der Waals surface area contributed by atoms with Crippen molar-refractivity contribution in [3.63, 3.8) is 0 Å². The van der Waals surface area contributed by atoms with Crippen LogP contribution in [0.1, 0.15) is 39.3 Å². The van der Waals surface area contributed by atoms with Gasteiger partial charge in [-0.3, -0.25) is 9.59 Å². The first kappa shape index (κ1) is 12.7. The van der Waals surface area contributed by atoms with Gasteiger partial charge in [0.25, 0.3) is 0 Å². The molecule has 3 heteroatoms. The number of ketones is 2. The molecule has 2 aromatic rings. The van der Waals surface area contributed by atoms with Crippen molar-refractivity contribution in [3.05, 3.63) is 58.3 Å². The van der Waals surface area contributed by atoms with Crippen LogP contribution in [0, 0.1) is 0 Å². The Morgan fingerprint density at radius 1 is 0.889 bits per heavy atom. The Hall–Kier alpha value is -1.74. The molecule has 0 amide bonds. The van der Waals surface area contributed by atoms with E-state index in [4.69, 9.17) is 0 Å². The molecule has 0 aliphatic carbocycles. The molecule has 0 saturated heterocycles. The molecule has 0 radical (unpaired) electrons. The number of carbonyl (C=O) groups is 2. The molecule has 0 saturated carbocycles. The van der Waals surface area contributed by atoms with Crippen LogP contribution >= 0.6 is 11.3 Å². The second kappa shape index (κ2) is 6.26. The number of rotatable bonds is 6. The monoisotopic (exact) mass is 258 g/mol. The summed E-state index contributed by atoms with van der Waals surface area (Å²) in [6.07, 6.45) is 1.49. The normalized spacial score (nSPS) is 10.2. The quantitative estimate of drug-likeness (QED) is 0.734. The lowest BCUT2D eigenvalue weighted by molar-refractivity contribution is 0.0959. The lowest BCUT2D eigenvalue weighted by Crippen LogP contribution is -2.01. The fraction of sp³-hybridized carbons (Fsp3) is 0.200. The lowest BCUT2D eigenvalue weighted by Gasteiger charge is -2.00. The highest BCUT2D eigenvalue weighted by Crippen LogP contribution is 2.14. The molecule has 0 fully saturated rings. The zero-order valence-electron chi connectivity index (χ0n) is 9.96. The molecule has 2 nitrogen and oxygen atoms in total. The maximum Gasteiger partial charge on any atom is 0.172 e. The van der Waals surface area contributed by atoms with Crippen LogP contribution in [0.4, 0.5) is 0 Å². The summed E-state index contributed by atoms with van der Waals surface area (Å²) in [5, 5.41) is 1.89. The summed E-state index contributed by atoms with van der Waals surface area (Å²) >= 11 is 1.45. The summed E-state index contributed by atoms with van der Waals surface area (Å²) < 4.78 is 0. The lowest BCUT2D eigenvalue weighted by atomic mass is 10.0. The molecule has 0 aliphatic rings. The summed E-state index contributed by atoms with van der Waals surface area (Å²) in [6.45, 7) is 0. The van der Waals surface area contributed by atoms with E-state index in [1.54, 1.807) is 0 Å². The van der Waals surface area contributed by atoms with Crippen molar-refractivity contribution in [3.8, 4) is 0 Å². The molecule has 1 aromatic carbocycles. The fourth-order valence-electron chi connectivity index (χ4n) is 1.74. The van der Waals surface area contributed by atoms with Crippen molar-refractivity contribution < 1.29 is 9.59 Å². The van der Waals surface area contributed by atoms with E-state index in [1.807, 2.05) is 47.8 Å². The maximum atomic E-state index is 11.8. The Balaban J connectivity index is 1.79. The van der Waals surface area contributed by atoms with Gasteiger partial charge in [0.2, 0.25) is 0 Å². The Bertz CT molecular complexity index is 515. The molecule has 1 heterocycles. The molecule has 0 bridgehead atoms. The van der Waals surface area contributed by atoms with E-state index in [-0.39, 0.29) is 11.6 Å². The SMILES string of the molecule is O=C(CCCC(=O)c1cccs1)c1ccccc1. The van der Waals surface area contributed by atoms with E-state index < -0.39 is 0 Å². The van der Waals surface area contributed by atoms with Crippen molar-refractivity contribution in [1.29, 1.82) is 0 Å². The summed E-state index contributed by atoms with van der Waals surface area (Å²) in [4.78, 5) is 24.3. The number of benzene rings is 1. The highest BCUT2D eigenvalue weighted by atomic mass is 32.1. The average molecular weight is 258 g/mol. The van der Waals surface area contributed by atoms with Gasteiger partial charge in [0, 0.05) is 18.4 Å². The van der Waals surface area contributed by atoms with Gasteiger partial charge in [0.05, 0.1) is 4.88 Å². The van der Waals surface area contributed by atoms with Crippen LogP contribution in [0.5, 0.6) is 0 Å². The van der Waals surface area contributed by atoms with Gasteiger partial charge in [-0.15, -0.1) is 11.3 Å². The predicted molar refractivity (Wildman–Crippen MR) is 73.3 cm³/mol. The van der Waals surface area contributed by atoms with Crippen LogP contribution < -0.4 is 0 Å². The van der Waals surface area contributed by atoms with Crippen molar-refractivity contribution in [2.24, 2.45) is 0 Å². The highest BCUT2D eigenvalue weighted by molar-refractivity contribution is 7.12. The molecule has 0 aliphatic heterocycles. The Morgan fingerprint density at radius 3 is 2.28 bits per heavy atom. The molecule has 1 aromatic heterocycles. The average Bonchev–Trinajstić information content (AvgIpc) is 2.93. The highest BCUT2D eigenvalue weighted by Gasteiger charge is 2.09. The van der Waals surface area contributed by atoms with E-state index in [0.717, 1.165) is 10.4 Å². The molecular formula is C15H14O2S. The standard InChI is InChI=1S/C15H14O2S/c16-13(12-6-2-1-3-7-12)8-4-9-14(17)15-10-5-11-18-15/h1-3,5-7,10-11H,4,8-9H2. The first-order valence-electron chi connectivity index (χ1n) is 5.92. The predicted octanol–water partition coefficient (Wildman–Crippen LogP) is 3.98. The number of carbonyl (C=O) groups excluding carboxylic acids is 2. The molecular weight excluding hydrogens is 244 g/mol. The van der Waals surface area contributed by atoms with Gasteiger partial charge in [-0.1, -0.05) is 36.4 Å². The van der Waals surface area contributed by atoms with Crippen LogP contribution in [0.2, 0.25) is 0 Å². The Labute approximate surface area is 110 Å². The smallest absolute Gasteiger partial charge is 0.172 e. The Kier molecular flexibility index (Phi) is 4.42. The summed E-state index contributed by atoms with van der Waals surface area (Å²) in [6, 6.07) is 12.9. The van der Waals surface area contributed by atoms with E-state index in [1.165, 1.54) is 11.3 Å². The van der Waals surface area contributed by atoms with Crippen LogP contribution in [-0.2, 0) is 0 Å². The molecule has 0 atom stereocenters. The summed E-state index contributed by atoms with van der Waals surface area (Å²) in [5.41, 5.74) is 0.723. The van der Waals surface area contributed by atoms with Crippen LogP contribution in [0.15, 0.2) is 47.8 Å².